The van der Waals surface area contributed by atoms with E-state index in [4.69, 9.17) is 0 Å². The Bertz CT molecular complexity index is 312. The molecular weight excluding hydrogens is 150 g/mol. The van der Waals surface area contributed by atoms with Gasteiger partial charge in [0.05, 0.1) is 0 Å². The lowest BCUT2D eigenvalue weighted by molar-refractivity contribution is 0.810. The minimum absolute atomic E-state index is 0.0590. The van der Waals surface area contributed by atoms with Gasteiger partial charge in [-0.2, -0.15) is 0 Å². The molecule has 1 heterocycles. The largest absolute Gasteiger partial charge is 0.326 e. The van der Waals surface area contributed by atoms with Gasteiger partial charge >= 0.3 is 0 Å². The number of aromatic nitrogens is 1. The van der Waals surface area contributed by atoms with E-state index in [-0.39, 0.29) is 5.56 Å². The van der Waals surface area contributed by atoms with E-state index in [1.807, 2.05) is 19.1 Å². The minimum Gasteiger partial charge on any atom is -0.326 e. The van der Waals surface area contributed by atoms with Crippen LogP contribution in [0, 0.1) is 0 Å². The van der Waals surface area contributed by atoms with Gasteiger partial charge in [0.2, 0.25) is 0 Å². The molecular formula is C10H15NO. The van der Waals surface area contributed by atoms with Gasteiger partial charge in [0, 0.05) is 11.3 Å². The average molecular weight is 165 g/mol. The maximum absolute atomic E-state index is 11.3. The summed E-state index contributed by atoms with van der Waals surface area (Å²) in [4.78, 5) is 14.2. The van der Waals surface area contributed by atoms with E-state index in [0.717, 1.165) is 17.7 Å². The van der Waals surface area contributed by atoms with Gasteiger partial charge < -0.3 is 4.98 Å². The molecule has 1 rings (SSSR count). The average Bonchev–Trinajstić information content (AvgIpc) is 2.04. The lowest BCUT2D eigenvalue weighted by Gasteiger charge is -2.04. The van der Waals surface area contributed by atoms with Gasteiger partial charge in [-0.3, -0.25) is 4.79 Å². The maximum atomic E-state index is 11.3. The molecule has 2 heteroatoms. The zero-order valence-electron chi connectivity index (χ0n) is 7.85. The van der Waals surface area contributed by atoms with E-state index >= 15 is 0 Å². The van der Waals surface area contributed by atoms with Crippen LogP contribution >= 0.6 is 0 Å². The van der Waals surface area contributed by atoms with Crippen molar-refractivity contribution in [3.8, 4) is 0 Å². The number of hydrogen-bond donors (Lipinski definition) is 1. The van der Waals surface area contributed by atoms with Crippen molar-refractivity contribution in [3.05, 3.63) is 33.7 Å². The molecule has 2 nitrogen and oxygen atoms in total. The second-order valence-corrected chi connectivity index (χ2v) is 3.28. The van der Waals surface area contributed by atoms with Gasteiger partial charge in [-0.05, 0) is 18.4 Å². The van der Waals surface area contributed by atoms with Crippen LogP contribution in [0.3, 0.4) is 0 Å². The third-order valence-corrected chi connectivity index (χ3v) is 2.02. The van der Waals surface area contributed by atoms with Crippen LogP contribution in [0.4, 0.5) is 0 Å². The van der Waals surface area contributed by atoms with Crippen LogP contribution in [0.2, 0.25) is 0 Å². The Hall–Kier alpha value is -1.05. The number of aromatic amines is 1. The number of H-pyrrole nitrogens is 1. The summed E-state index contributed by atoms with van der Waals surface area (Å²) >= 11 is 0. The Morgan fingerprint density at radius 3 is 2.50 bits per heavy atom. The molecule has 0 aliphatic carbocycles. The molecule has 66 valence electrons. The second-order valence-electron chi connectivity index (χ2n) is 3.28. The van der Waals surface area contributed by atoms with E-state index in [1.54, 1.807) is 0 Å². The number of nitrogens with one attached hydrogen (secondary N) is 1. The molecule has 0 saturated carbocycles. The summed E-state index contributed by atoms with van der Waals surface area (Å²) in [5, 5.41) is 0. The van der Waals surface area contributed by atoms with E-state index in [1.165, 1.54) is 0 Å². The Morgan fingerprint density at radius 1 is 1.42 bits per heavy atom. The molecule has 0 radical (unpaired) electrons. The lowest BCUT2D eigenvalue weighted by Crippen LogP contribution is -2.13. The van der Waals surface area contributed by atoms with Crippen molar-refractivity contribution in [2.24, 2.45) is 0 Å². The molecule has 0 amide bonds. The molecule has 0 aliphatic rings. The first-order valence-corrected chi connectivity index (χ1v) is 4.37. The molecule has 0 atom stereocenters. The zero-order chi connectivity index (χ0) is 9.14. The van der Waals surface area contributed by atoms with Gasteiger partial charge in [-0.1, -0.05) is 26.8 Å². The summed E-state index contributed by atoms with van der Waals surface area (Å²) in [6, 6.07) is 3.90. The third kappa shape index (κ3) is 1.76. The third-order valence-electron chi connectivity index (χ3n) is 2.02. The first kappa shape index (κ1) is 9.04. The van der Waals surface area contributed by atoms with Crippen molar-refractivity contribution in [1.82, 2.24) is 4.98 Å². The number of rotatable bonds is 2. The first-order chi connectivity index (χ1) is 5.65. The molecule has 1 aromatic rings. The second kappa shape index (κ2) is 3.57. The molecule has 0 aliphatic heterocycles. The number of pyridine rings is 1. The molecule has 0 spiro atoms. The predicted molar refractivity (Wildman–Crippen MR) is 50.5 cm³/mol. The Kier molecular flexibility index (Phi) is 2.69. The molecule has 0 aromatic carbocycles. The van der Waals surface area contributed by atoms with Crippen LogP contribution in [0.5, 0.6) is 0 Å². The quantitative estimate of drug-likeness (QED) is 0.714. The smallest absolute Gasteiger partial charge is 0.251 e. The molecule has 1 aromatic heterocycles. The van der Waals surface area contributed by atoms with Gasteiger partial charge in [0.25, 0.3) is 5.56 Å². The summed E-state index contributed by atoms with van der Waals surface area (Å²) in [6.45, 7) is 6.12. The highest BCUT2D eigenvalue weighted by atomic mass is 16.1. The van der Waals surface area contributed by atoms with Gasteiger partial charge in [0.1, 0.15) is 0 Å². The van der Waals surface area contributed by atoms with Crippen molar-refractivity contribution >= 4 is 0 Å². The van der Waals surface area contributed by atoms with E-state index in [0.29, 0.717) is 5.92 Å². The molecule has 0 fully saturated rings. The molecule has 1 N–H and O–H groups in total. The lowest BCUT2D eigenvalue weighted by atomic mass is 10.1. The molecule has 0 bridgehead atoms. The fourth-order valence-electron chi connectivity index (χ4n) is 1.13. The first-order valence-electron chi connectivity index (χ1n) is 4.37. The predicted octanol–water partition coefficient (Wildman–Crippen LogP) is 2.06. The zero-order valence-corrected chi connectivity index (χ0v) is 7.85. The van der Waals surface area contributed by atoms with Gasteiger partial charge in [-0.15, -0.1) is 0 Å². The van der Waals surface area contributed by atoms with Crippen molar-refractivity contribution < 1.29 is 0 Å². The standard InChI is InChI=1S/C10H15NO/c1-4-8-5-6-9(7(2)3)11-10(8)12/h5-7H,4H2,1-3H3,(H,11,12). The molecule has 0 unspecified atom stereocenters. The SMILES string of the molecule is CCc1ccc(C(C)C)[nH]c1=O. The fourth-order valence-corrected chi connectivity index (χ4v) is 1.13. The summed E-state index contributed by atoms with van der Waals surface area (Å²) in [5.74, 6) is 0.392. The Morgan fingerprint density at radius 2 is 2.08 bits per heavy atom. The number of hydrogen-bond acceptors (Lipinski definition) is 1. The highest BCUT2D eigenvalue weighted by molar-refractivity contribution is 5.16. The summed E-state index contributed by atoms with van der Waals surface area (Å²) in [7, 11) is 0. The van der Waals surface area contributed by atoms with Crippen molar-refractivity contribution in [3.63, 3.8) is 0 Å². The van der Waals surface area contributed by atoms with Crippen LogP contribution in [0.1, 0.15) is 37.9 Å². The van der Waals surface area contributed by atoms with E-state index < -0.39 is 0 Å². The topological polar surface area (TPSA) is 32.9 Å². The van der Waals surface area contributed by atoms with Gasteiger partial charge in [-0.25, -0.2) is 0 Å². The van der Waals surface area contributed by atoms with Crippen LogP contribution in [-0.2, 0) is 6.42 Å². The molecule has 0 saturated heterocycles. The van der Waals surface area contributed by atoms with Crippen LogP contribution in [0.15, 0.2) is 16.9 Å². The Balaban J connectivity index is 3.11. The summed E-state index contributed by atoms with van der Waals surface area (Å²) < 4.78 is 0. The number of aryl methyl sites for hydroxylation is 1. The van der Waals surface area contributed by atoms with Crippen molar-refractivity contribution in [2.75, 3.05) is 0 Å². The van der Waals surface area contributed by atoms with Crippen LogP contribution < -0.4 is 5.56 Å². The fraction of sp³-hybridized carbons (Fsp3) is 0.500. The highest BCUT2D eigenvalue weighted by Gasteiger charge is 2.01. The monoisotopic (exact) mass is 165 g/mol. The van der Waals surface area contributed by atoms with Gasteiger partial charge in [0.15, 0.2) is 0 Å². The normalized spacial score (nSPS) is 10.7. The Labute approximate surface area is 72.6 Å². The van der Waals surface area contributed by atoms with Crippen LogP contribution in [0.25, 0.3) is 0 Å². The van der Waals surface area contributed by atoms with Crippen LogP contribution in [-0.4, -0.2) is 4.98 Å². The maximum Gasteiger partial charge on any atom is 0.251 e. The van der Waals surface area contributed by atoms with E-state index in [9.17, 15) is 4.79 Å². The van der Waals surface area contributed by atoms with Crippen molar-refractivity contribution in [1.29, 1.82) is 0 Å². The minimum atomic E-state index is 0.0590. The van der Waals surface area contributed by atoms with Crippen molar-refractivity contribution in [2.45, 2.75) is 33.1 Å². The summed E-state index contributed by atoms with van der Waals surface area (Å²) in [5.41, 5.74) is 1.93. The summed E-state index contributed by atoms with van der Waals surface area (Å²) in [6.07, 6.45) is 0.799. The van der Waals surface area contributed by atoms with E-state index in [2.05, 4.69) is 18.8 Å². The molecule has 12 heavy (non-hydrogen) atoms. The highest BCUT2D eigenvalue weighted by Crippen LogP contribution is 2.08.